The van der Waals surface area contributed by atoms with Crippen molar-refractivity contribution in [2.45, 2.75) is 6.42 Å². The highest BCUT2D eigenvalue weighted by Crippen LogP contribution is 2.29. The summed E-state index contributed by atoms with van der Waals surface area (Å²) in [6.07, 6.45) is 2.02. The first-order valence-corrected chi connectivity index (χ1v) is 8.22. The van der Waals surface area contributed by atoms with Gasteiger partial charge in [0.2, 0.25) is 0 Å². The number of aromatic hydroxyl groups is 1. The Balaban J connectivity index is 2.11. The Morgan fingerprint density at radius 3 is 2.71 bits per heavy atom. The molecule has 1 aromatic carbocycles. The lowest BCUT2D eigenvalue weighted by atomic mass is 10.0. The number of pyridine rings is 2. The van der Waals surface area contributed by atoms with Gasteiger partial charge in [0.1, 0.15) is 23.6 Å². The van der Waals surface area contributed by atoms with Crippen LogP contribution in [0.3, 0.4) is 0 Å². The highest BCUT2D eigenvalue weighted by Gasteiger charge is 2.20. The second-order valence-corrected chi connectivity index (χ2v) is 5.80. The first-order chi connectivity index (χ1) is 13.5. The van der Waals surface area contributed by atoms with Gasteiger partial charge in [0.05, 0.1) is 7.11 Å². The van der Waals surface area contributed by atoms with Gasteiger partial charge in [0.25, 0.3) is 5.91 Å². The molecule has 8 heteroatoms. The first-order valence-electron chi connectivity index (χ1n) is 8.22. The fraction of sp³-hybridized carbons (Fsp3) is 0.150. The summed E-state index contributed by atoms with van der Waals surface area (Å²) in [4.78, 5) is 25.0. The Hall–Kier alpha value is -3.54. The predicted octanol–water partition coefficient (Wildman–Crippen LogP) is 1.70. The van der Waals surface area contributed by atoms with Crippen LogP contribution in [0.25, 0.3) is 10.9 Å². The molecule has 0 fully saturated rings. The molecule has 142 valence electrons. The van der Waals surface area contributed by atoms with E-state index in [1.165, 1.54) is 19.2 Å². The minimum atomic E-state index is -0.758. The molecule has 0 aliphatic heterocycles. The van der Waals surface area contributed by atoms with Gasteiger partial charge in [-0.15, -0.1) is 0 Å². The molecule has 2 aromatic heterocycles. The Labute approximate surface area is 159 Å². The van der Waals surface area contributed by atoms with Crippen LogP contribution in [-0.4, -0.2) is 39.8 Å². The summed E-state index contributed by atoms with van der Waals surface area (Å²) in [7, 11) is 1.25. The molecule has 7 nitrogen and oxygen atoms in total. The monoisotopic (exact) mass is 381 g/mol. The number of fused-ring (bicyclic) bond motifs is 1. The standard InChI is InChI=1S/C20H16FN3O4/c1-28-24-20(27)18-19(26)17-15(16(23-18)3-2-8-25)10-13(11-22-17)9-12-4-6-14(21)7-5-12/h4-7,10-11,25-26H,8-9H2,1H3,(H,24,27). The minimum Gasteiger partial charge on any atom is -0.504 e. The third-order valence-corrected chi connectivity index (χ3v) is 3.89. The predicted molar refractivity (Wildman–Crippen MR) is 98.8 cm³/mol. The van der Waals surface area contributed by atoms with Gasteiger partial charge in [-0.1, -0.05) is 18.1 Å². The van der Waals surface area contributed by atoms with Crippen molar-refractivity contribution < 1.29 is 24.2 Å². The van der Waals surface area contributed by atoms with Crippen LogP contribution >= 0.6 is 0 Å². The highest BCUT2D eigenvalue weighted by atomic mass is 19.1. The molecule has 0 saturated carbocycles. The van der Waals surface area contributed by atoms with Crippen LogP contribution in [0.4, 0.5) is 4.39 Å². The molecule has 3 aromatic rings. The fourth-order valence-electron chi connectivity index (χ4n) is 2.67. The molecule has 0 aliphatic carbocycles. The van der Waals surface area contributed by atoms with Crippen molar-refractivity contribution >= 4 is 16.8 Å². The maximum atomic E-state index is 13.1. The number of hydrogen-bond acceptors (Lipinski definition) is 6. The molecule has 0 bridgehead atoms. The maximum Gasteiger partial charge on any atom is 0.297 e. The van der Waals surface area contributed by atoms with Gasteiger partial charge in [-0.3, -0.25) is 14.6 Å². The second kappa shape index (κ2) is 8.43. The summed E-state index contributed by atoms with van der Waals surface area (Å²) < 4.78 is 13.1. The average molecular weight is 381 g/mol. The molecule has 1 amide bonds. The number of hydrogen-bond donors (Lipinski definition) is 3. The zero-order valence-electron chi connectivity index (χ0n) is 14.9. The largest absolute Gasteiger partial charge is 0.504 e. The summed E-state index contributed by atoms with van der Waals surface area (Å²) in [6, 6.07) is 7.81. The number of halogens is 1. The van der Waals surface area contributed by atoms with Crippen molar-refractivity contribution in [2.75, 3.05) is 13.7 Å². The molecule has 0 unspecified atom stereocenters. The smallest absolute Gasteiger partial charge is 0.297 e. The van der Waals surface area contributed by atoms with Gasteiger partial charge in [-0.25, -0.2) is 14.9 Å². The number of aliphatic hydroxyl groups is 1. The first kappa shape index (κ1) is 19.2. The summed E-state index contributed by atoms with van der Waals surface area (Å²) in [5.41, 5.74) is 3.76. The molecule has 0 saturated heterocycles. The number of benzene rings is 1. The van der Waals surface area contributed by atoms with Crippen LogP contribution < -0.4 is 5.48 Å². The SMILES string of the molecule is CONC(=O)c1nc(C#CCO)c2cc(Cc3ccc(F)cc3)cnc2c1O. The van der Waals surface area contributed by atoms with Crippen LogP contribution in [-0.2, 0) is 11.3 Å². The van der Waals surface area contributed by atoms with E-state index in [-0.39, 0.29) is 22.7 Å². The lowest BCUT2D eigenvalue weighted by Gasteiger charge is -2.10. The molecule has 0 radical (unpaired) electrons. The van der Waals surface area contributed by atoms with Gasteiger partial charge in [0, 0.05) is 11.6 Å². The molecular weight excluding hydrogens is 365 g/mol. The number of nitrogens with zero attached hydrogens (tertiary/aromatic N) is 2. The van der Waals surface area contributed by atoms with E-state index in [1.807, 2.05) is 0 Å². The molecule has 0 atom stereocenters. The van der Waals surface area contributed by atoms with Gasteiger partial charge < -0.3 is 10.2 Å². The number of amides is 1. The average Bonchev–Trinajstić information content (AvgIpc) is 2.69. The van der Waals surface area contributed by atoms with E-state index < -0.39 is 18.3 Å². The third kappa shape index (κ3) is 4.06. The normalized spacial score (nSPS) is 10.4. The zero-order chi connectivity index (χ0) is 20.1. The van der Waals surface area contributed by atoms with Gasteiger partial charge >= 0.3 is 0 Å². The summed E-state index contributed by atoms with van der Waals surface area (Å²) in [5, 5.41) is 19.8. The van der Waals surface area contributed by atoms with E-state index in [2.05, 4.69) is 32.1 Å². The number of aliphatic hydroxyl groups excluding tert-OH is 1. The molecule has 28 heavy (non-hydrogen) atoms. The second-order valence-electron chi connectivity index (χ2n) is 5.80. The van der Waals surface area contributed by atoms with Crippen molar-refractivity contribution in [1.29, 1.82) is 0 Å². The van der Waals surface area contributed by atoms with E-state index in [9.17, 15) is 14.3 Å². The number of carbonyl (C=O) groups is 1. The van der Waals surface area contributed by atoms with E-state index >= 15 is 0 Å². The Kier molecular flexibility index (Phi) is 5.79. The van der Waals surface area contributed by atoms with Crippen molar-refractivity contribution in [1.82, 2.24) is 15.4 Å². The highest BCUT2D eigenvalue weighted by molar-refractivity contribution is 6.01. The van der Waals surface area contributed by atoms with Crippen molar-refractivity contribution in [3.05, 3.63) is 64.9 Å². The topological polar surface area (TPSA) is 105 Å². The Bertz CT molecular complexity index is 1090. The number of nitrogens with one attached hydrogen (secondary N) is 1. The summed E-state index contributed by atoms with van der Waals surface area (Å²) in [6.45, 7) is -0.396. The molecule has 3 N–H and O–H groups in total. The lowest BCUT2D eigenvalue weighted by molar-refractivity contribution is 0.0529. The number of aromatic nitrogens is 2. The number of carbonyl (C=O) groups excluding carboxylic acids is 1. The van der Waals surface area contributed by atoms with Crippen molar-refractivity contribution in [3.8, 4) is 17.6 Å². The van der Waals surface area contributed by atoms with Crippen LogP contribution in [0.15, 0.2) is 36.5 Å². The summed E-state index contributed by atoms with van der Waals surface area (Å²) in [5.74, 6) is 3.66. The van der Waals surface area contributed by atoms with Gasteiger partial charge in [-0.2, -0.15) is 0 Å². The minimum absolute atomic E-state index is 0.140. The molecule has 0 spiro atoms. The van der Waals surface area contributed by atoms with Crippen molar-refractivity contribution in [3.63, 3.8) is 0 Å². The Morgan fingerprint density at radius 2 is 2.04 bits per heavy atom. The van der Waals surface area contributed by atoms with Gasteiger partial charge in [0.15, 0.2) is 11.4 Å². The number of rotatable bonds is 4. The zero-order valence-corrected chi connectivity index (χ0v) is 14.9. The maximum absolute atomic E-state index is 13.1. The fourth-order valence-corrected chi connectivity index (χ4v) is 2.67. The van der Waals surface area contributed by atoms with Crippen LogP contribution in [0, 0.1) is 17.7 Å². The molecule has 3 rings (SSSR count). The quantitative estimate of drug-likeness (QED) is 0.469. The molecular formula is C20H16FN3O4. The molecule has 2 heterocycles. The van der Waals surface area contributed by atoms with Crippen LogP contribution in [0.1, 0.15) is 27.3 Å². The van der Waals surface area contributed by atoms with E-state index in [0.29, 0.717) is 11.8 Å². The Morgan fingerprint density at radius 1 is 1.29 bits per heavy atom. The van der Waals surface area contributed by atoms with Crippen molar-refractivity contribution in [2.24, 2.45) is 0 Å². The molecule has 0 aliphatic rings. The van der Waals surface area contributed by atoms with E-state index in [0.717, 1.165) is 11.1 Å². The van der Waals surface area contributed by atoms with Crippen LogP contribution in [0.5, 0.6) is 5.75 Å². The lowest BCUT2D eigenvalue weighted by Crippen LogP contribution is -2.23. The van der Waals surface area contributed by atoms with Crippen LogP contribution in [0.2, 0.25) is 0 Å². The van der Waals surface area contributed by atoms with E-state index in [4.69, 9.17) is 5.11 Å². The van der Waals surface area contributed by atoms with Gasteiger partial charge in [-0.05, 0) is 41.7 Å². The van der Waals surface area contributed by atoms with E-state index in [1.54, 1.807) is 24.4 Å². The number of hydroxylamine groups is 1. The third-order valence-electron chi connectivity index (χ3n) is 3.89. The summed E-state index contributed by atoms with van der Waals surface area (Å²) >= 11 is 0.